The molecule has 0 atom stereocenters. The lowest BCUT2D eigenvalue weighted by molar-refractivity contribution is 0.102. The molecule has 5 nitrogen and oxygen atoms in total. The maximum absolute atomic E-state index is 12.5. The summed E-state index contributed by atoms with van der Waals surface area (Å²) in [7, 11) is -2.04. The lowest BCUT2D eigenvalue weighted by Crippen LogP contribution is -2.25. The van der Waals surface area contributed by atoms with Crippen molar-refractivity contribution in [3.05, 3.63) is 57.6 Å². The third-order valence-corrected chi connectivity index (χ3v) is 5.52. The Morgan fingerprint density at radius 2 is 1.79 bits per heavy atom. The molecule has 2 aromatic rings. The lowest BCUT2D eigenvalue weighted by atomic mass is 10.1. The molecule has 0 unspecified atom stereocenters. The van der Waals surface area contributed by atoms with Crippen LogP contribution in [0.5, 0.6) is 0 Å². The zero-order valence-electron chi connectivity index (χ0n) is 13.3. The van der Waals surface area contributed by atoms with Crippen molar-refractivity contribution in [3.8, 4) is 0 Å². The summed E-state index contributed by atoms with van der Waals surface area (Å²) < 4.78 is 24.4. The Morgan fingerprint density at radius 3 is 2.42 bits per heavy atom. The summed E-state index contributed by atoms with van der Waals surface area (Å²) in [6.07, 6.45) is 1.08. The van der Waals surface area contributed by atoms with Gasteiger partial charge < -0.3 is 5.32 Å². The molecule has 0 fully saturated rings. The molecule has 0 aromatic heterocycles. The second-order valence-corrected chi connectivity index (χ2v) is 8.09. The van der Waals surface area contributed by atoms with E-state index in [4.69, 9.17) is 23.2 Å². The summed E-state index contributed by atoms with van der Waals surface area (Å²) in [6.45, 7) is 1.79. The van der Waals surface area contributed by atoms with Crippen LogP contribution in [-0.2, 0) is 10.0 Å². The van der Waals surface area contributed by atoms with Crippen molar-refractivity contribution >= 4 is 50.5 Å². The predicted octanol–water partition coefficient (Wildman–Crippen LogP) is 3.95. The topological polar surface area (TPSA) is 66.5 Å². The molecule has 24 heavy (non-hydrogen) atoms. The standard InChI is InChI=1S/C16H16Cl2N2O3S/c1-10-13(17)5-4-6-15(10)19-16(21)12-9-11(7-8-14(12)18)20(2)24(3,22)23/h4-9H,1-3H3,(H,19,21). The largest absolute Gasteiger partial charge is 0.322 e. The first-order valence-corrected chi connectivity index (χ1v) is 9.51. The Kier molecular flexibility index (Phi) is 5.42. The molecule has 2 rings (SSSR count). The SMILES string of the molecule is Cc1c(Cl)cccc1NC(=O)c1cc(N(C)S(C)(=O)=O)ccc1Cl. The minimum Gasteiger partial charge on any atom is -0.322 e. The van der Waals surface area contributed by atoms with E-state index in [1.807, 2.05) is 0 Å². The third kappa shape index (κ3) is 4.01. The minimum absolute atomic E-state index is 0.170. The molecule has 0 saturated heterocycles. The van der Waals surface area contributed by atoms with Gasteiger partial charge in [-0.15, -0.1) is 0 Å². The molecule has 0 aliphatic rings. The van der Waals surface area contributed by atoms with Crippen molar-refractivity contribution < 1.29 is 13.2 Å². The van der Waals surface area contributed by atoms with Crippen LogP contribution in [0.1, 0.15) is 15.9 Å². The van der Waals surface area contributed by atoms with Crippen LogP contribution >= 0.6 is 23.2 Å². The number of amides is 1. The fourth-order valence-corrected chi connectivity index (χ4v) is 2.88. The first-order valence-electron chi connectivity index (χ1n) is 6.91. The number of rotatable bonds is 4. The average molecular weight is 387 g/mol. The fourth-order valence-electron chi connectivity index (χ4n) is 2.01. The molecular formula is C16H16Cl2N2O3S. The minimum atomic E-state index is -3.44. The van der Waals surface area contributed by atoms with E-state index in [1.54, 1.807) is 25.1 Å². The number of sulfonamides is 1. The first kappa shape index (κ1) is 18.6. The summed E-state index contributed by atoms with van der Waals surface area (Å²) in [5.74, 6) is -0.450. The number of carbonyl (C=O) groups is 1. The quantitative estimate of drug-likeness (QED) is 0.864. The molecule has 0 heterocycles. The summed E-state index contributed by atoms with van der Waals surface area (Å²) in [4.78, 5) is 12.5. The highest BCUT2D eigenvalue weighted by Crippen LogP contribution is 2.27. The molecule has 1 amide bonds. The van der Waals surface area contributed by atoms with Gasteiger partial charge in [-0.1, -0.05) is 29.3 Å². The number of hydrogen-bond acceptors (Lipinski definition) is 3. The Labute approximate surface area is 151 Å². The third-order valence-electron chi connectivity index (χ3n) is 3.57. The number of nitrogens with zero attached hydrogens (tertiary/aromatic N) is 1. The van der Waals surface area contributed by atoms with Gasteiger partial charge in [0.25, 0.3) is 5.91 Å². The highest BCUT2D eigenvalue weighted by Gasteiger charge is 2.17. The smallest absolute Gasteiger partial charge is 0.257 e. The maximum atomic E-state index is 12.5. The van der Waals surface area contributed by atoms with Crippen LogP contribution < -0.4 is 9.62 Å². The Hall–Kier alpha value is -1.76. The van der Waals surface area contributed by atoms with E-state index in [0.717, 1.165) is 16.1 Å². The van der Waals surface area contributed by atoms with E-state index in [0.29, 0.717) is 16.4 Å². The van der Waals surface area contributed by atoms with E-state index >= 15 is 0 Å². The predicted molar refractivity (Wildman–Crippen MR) is 98.8 cm³/mol. The molecule has 0 aliphatic heterocycles. The van der Waals surface area contributed by atoms with Crippen LogP contribution in [0, 0.1) is 6.92 Å². The summed E-state index contributed by atoms with van der Waals surface area (Å²) in [6, 6.07) is 9.61. The zero-order chi connectivity index (χ0) is 18.1. The van der Waals surface area contributed by atoms with E-state index in [1.165, 1.54) is 25.2 Å². The summed E-state index contributed by atoms with van der Waals surface area (Å²) in [5.41, 5.74) is 1.80. The molecule has 128 valence electrons. The van der Waals surface area contributed by atoms with Crippen molar-refractivity contribution in [2.24, 2.45) is 0 Å². The summed E-state index contributed by atoms with van der Waals surface area (Å²) in [5, 5.41) is 3.49. The molecular weight excluding hydrogens is 371 g/mol. The van der Waals surface area contributed by atoms with Crippen molar-refractivity contribution in [2.75, 3.05) is 22.9 Å². The van der Waals surface area contributed by atoms with Gasteiger partial charge in [0, 0.05) is 17.8 Å². The number of carbonyl (C=O) groups excluding carboxylic acids is 1. The molecule has 1 N–H and O–H groups in total. The fraction of sp³-hybridized carbons (Fsp3) is 0.188. The van der Waals surface area contributed by atoms with Crippen LogP contribution in [0.15, 0.2) is 36.4 Å². The monoisotopic (exact) mass is 386 g/mol. The highest BCUT2D eigenvalue weighted by molar-refractivity contribution is 7.92. The number of halogens is 2. The number of benzene rings is 2. The van der Waals surface area contributed by atoms with Crippen LogP contribution in [0.25, 0.3) is 0 Å². The molecule has 8 heteroatoms. The Bertz CT molecular complexity index is 898. The summed E-state index contributed by atoms with van der Waals surface area (Å²) >= 11 is 12.1. The Balaban J connectivity index is 2.37. The maximum Gasteiger partial charge on any atom is 0.257 e. The van der Waals surface area contributed by atoms with Gasteiger partial charge in [0.1, 0.15) is 0 Å². The van der Waals surface area contributed by atoms with Crippen LogP contribution in [0.2, 0.25) is 10.0 Å². The van der Waals surface area contributed by atoms with Gasteiger partial charge in [-0.3, -0.25) is 9.10 Å². The molecule has 2 aromatic carbocycles. The van der Waals surface area contributed by atoms with Crippen molar-refractivity contribution in [2.45, 2.75) is 6.92 Å². The number of anilines is 2. The molecule has 0 radical (unpaired) electrons. The van der Waals surface area contributed by atoms with Gasteiger partial charge in [0.05, 0.1) is 22.5 Å². The van der Waals surface area contributed by atoms with Crippen LogP contribution in [0.4, 0.5) is 11.4 Å². The zero-order valence-corrected chi connectivity index (χ0v) is 15.6. The van der Waals surface area contributed by atoms with E-state index in [-0.39, 0.29) is 10.6 Å². The van der Waals surface area contributed by atoms with Gasteiger partial charge in [-0.2, -0.15) is 0 Å². The molecule has 0 saturated carbocycles. The van der Waals surface area contributed by atoms with Crippen molar-refractivity contribution in [1.82, 2.24) is 0 Å². The first-order chi connectivity index (χ1) is 11.1. The lowest BCUT2D eigenvalue weighted by Gasteiger charge is -2.18. The molecule has 0 spiro atoms. The van der Waals surface area contributed by atoms with Crippen LogP contribution in [-0.4, -0.2) is 27.6 Å². The van der Waals surface area contributed by atoms with E-state index in [2.05, 4.69) is 5.32 Å². The van der Waals surface area contributed by atoms with Gasteiger partial charge in [-0.25, -0.2) is 8.42 Å². The van der Waals surface area contributed by atoms with Gasteiger partial charge in [-0.05, 0) is 42.8 Å². The van der Waals surface area contributed by atoms with Gasteiger partial charge in [0.2, 0.25) is 10.0 Å². The Morgan fingerprint density at radius 1 is 1.12 bits per heavy atom. The second-order valence-electron chi connectivity index (χ2n) is 5.26. The average Bonchev–Trinajstić information content (AvgIpc) is 2.50. The van der Waals surface area contributed by atoms with Gasteiger partial charge >= 0.3 is 0 Å². The van der Waals surface area contributed by atoms with E-state index in [9.17, 15) is 13.2 Å². The molecule has 0 bridgehead atoms. The van der Waals surface area contributed by atoms with Crippen LogP contribution in [0.3, 0.4) is 0 Å². The van der Waals surface area contributed by atoms with Gasteiger partial charge in [0.15, 0.2) is 0 Å². The highest BCUT2D eigenvalue weighted by atomic mass is 35.5. The normalized spacial score (nSPS) is 11.2. The molecule has 0 aliphatic carbocycles. The number of nitrogens with one attached hydrogen (secondary N) is 1. The second kappa shape index (κ2) is 7.01. The number of hydrogen-bond donors (Lipinski definition) is 1. The van der Waals surface area contributed by atoms with Crippen molar-refractivity contribution in [3.63, 3.8) is 0 Å². The van der Waals surface area contributed by atoms with Crippen molar-refractivity contribution in [1.29, 1.82) is 0 Å². The van der Waals surface area contributed by atoms with E-state index < -0.39 is 15.9 Å².